The van der Waals surface area contributed by atoms with Crippen molar-refractivity contribution in [3.63, 3.8) is 0 Å². The number of rotatable bonds is 1. The van der Waals surface area contributed by atoms with Gasteiger partial charge in [0.15, 0.2) is 0 Å². The molecule has 20 heavy (non-hydrogen) atoms. The van der Waals surface area contributed by atoms with E-state index in [4.69, 9.17) is 23.2 Å². The van der Waals surface area contributed by atoms with Gasteiger partial charge in [0.05, 0.1) is 5.69 Å². The summed E-state index contributed by atoms with van der Waals surface area (Å²) in [5, 5.41) is 2.86. The van der Waals surface area contributed by atoms with Gasteiger partial charge in [-0.2, -0.15) is 0 Å². The lowest BCUT2D eigenvalue weighted by Crippen LogP contribution is -2.66. The lowest BCUT2D eigenvalue weighted by atomic mass is 9.66. The Morgan fingerprint density at radius 2 is 1.65 bits per heavy atom. The molecule has 2 aliphatic rings. The van der Waals surface area contributed by atoms with Crippen LogP contribution in [0.15, 0.2) is 18.2 Å². The van der Waals surface area contributed by atoms with Crippen LogP contribution in [0, 0.1) is 5.41 Å². The molecule has 1 aromatic rings. The Labute approximate surface area is 124 Å². The van der Waals surface area contributed by atoms with Crippen molar-refractivity contribution in [1.82, 2.24) is 5.32 Å². The first-order chi connectivity index (χ1) is 9.44. The second-order valence-corrected chi connectivity index (χ2v) is 5.84. The van der Waals surface area contributed by atoms with E-state index in [1.54, 1.807) is 0 Å². The molecule has 1 spiro atoms. The van der Waals surface area contributed by atoms with Gasteiger partial charge in [-0.1, -0.05) is 29.6 Å². The highest BCUT2D eigenvalue weighted by molar-refractivity contribution is 6.36. The van der Waals surface area contributed by atoms with Gasteiger partial charge in [-0.05, 0) is 31.0 Å². The van der Waals surface area contributed by atoms with Crippen LogP contribution in [0.1, 0.15) is 19.3 Å². The van der Waals surface area contributed by atoms with E-state index in [9.17, 15) is 14.4 Å². The number of urea groups is 1. The van der Waals surface area contributed by atoms with E-state index in [1.807, 2.05) is 0 Å². The normalized spacial score (nSPS) is 20.9. The summed E-state index contributed by atoms with van der Waals surface area (Å²) in [6.07, 6.45) is 1.70. The van der Waals surface area contributed by atoms with Crippen molar-refractivity contribution in [2.75, 3.05) is 4.90 Å². The van der Waals surface area contributed by atoms with E-state index >= 15 is 0 Å². The number of nitrogens with zero attached hydrogens (tertiary/aromatic N) is 1. The van der Waals surface area contributed by atoms with Gasteiger partial charge in [0.25, 0.3) is 5.91 Å². The lowest BCUT2D eigenvalue weighted by Gasteiger charge is -2.44. The summed E-state index contributed by atoms with van der Waals surface area (Å²) in [6, 6.07) is 3.67. The van der Waals surface area contributed by atoms with Gasteiger partial charge in [0.1, 0.15) is 5.41 Å². The zero-order chi connectivity index (χ0) is 14.5. The van der Waals surface area contributed by atoms with Crippen molar-refractivity contribution in [3.05, 3.63) is 28.2 Å². The van der Waals surface area contributed by atoms with Crippen molar-refractivity contribution >= 4 is 46.7 Å². The summed E-state index contributed by atoms with van der Waals surface area (Å²) in [6.45, 7) is 0. The summed E-state index contributed by atoms with van der Waals surface area (Å²) in [7, 11) is 0. The molecule has 2 fully saturated rings. The monoisotopic (exact) mass is 312 g/mol. The quantitative estimate of drug-likeness (QED) is 0.811. The number of hydrogen-bond donors (Lipinski definition) is 1. The van der Waals surface area contributed by atoms with Crippen molar-refractivity contribution in [2.24, 2.45) is 5.41 Å². The second-order valence-electron chi connectivity index (χ2n) is 4.96. The van der Waals surface area contributed by atoms with Gasteiger partial charge >= 0.3 is 6.03 Å². The number of benzene rings is 1. The first kappa shape index (κ1) is 13.4. The highest BCUT2D eigenvalue weighted by Crippen LogP contribution is 2.45. The minimum Gasteiger partial charge on any atom is -0.276 e. The molecule has 1 aliphatic carbocycles. The second kappa shape index (κ2) is 4.46. The van der Waals surface area contributed by atoms with Crippen LogP contribution in [0.25, 0.3) is 0 Å². The highest BCUT2D eigenvalue weighted by atomic mass is 35.5. The van der Waals surface area contributed by atoms with E-state index in [0.717, 1.165) is 11.3 Å². The molecular weight excluding hydrogens is 303 g/mol. The van der Waals surface area contributed by atoms with Gasteiger partial charge in [-0.3, -0.25) is 14.9 Å². The van der Waals surface area contributed by atoms with E-state index in [2.05, 4.69) is 5.32 Å². The fourth-order valence-corrected chi connectivity index (χ4v) is 3.06. The zero-order valence-corrected chi connectivity index (χ0v) is 11.8. The molecule has 0 radical (unpaired) electrons. The molecule has 0 unspecified atom stereocenters. The molecule has 104 valence electrons. The van der Waals surface area contributed by atoms with Crippen molar-refractivity contribution in [2.45, 2.75) is 19.3 Å². The molecule has 5 nitrogen and oxygen atoms in total. The van der Waals surface area contributed by atoms with E-state index in [0.29, 0.717) is 22.9 Å². The first-order valence-corrected chi connectivity index (χ1v) is 6.86. The van der Waals surface area contributed by atoms with E-state index in [-0.39, 0.29) is 5.69 Å². The predicted molar refractivity (Wildman–Crippen MR) is 73.8 cm³/mol. The Hall–Kier alpha value is -1.59. The van der Waals surface area contributed by atoms with Gasteiger partial charge in [0, 0.05) is 10.0 Å². The predicted octanol–water partition coefficient (Wildman–Crippen LogP) is 2.75. The SMILES string of the molecule is O=C1NC(=O)C2(CCC2)C(=O)N1c1cc(Cl)cc(Cl)c1. The highest BCUT2D eigenvalue weighted by Gasteiger charge is 2.57. The van der Waals surface area contributed by atoms with Crippen LogP contribution < -0.4 is 10.2 Å². The average Bonchev–Trinajstić information content (AvgIpc) is 2.24. The Bertz CT molecular complexity index is 620. The van der Waals surface area contributed by atoms with Crippen LogP contribution in [0.2, 0.25) is 10.0 Å². The largest absolute Gasteiger partial charge is 0.335 e. The maximum Gasteiger partial charge on any atom is 0.335 e. The third-order valence-electron chi connectivity index (χ3n) is 3.78. The Balaban J connectivity index is 2.05. The number of halogens is 2. The molecule has 0 atom stereocenters. The van der Waals surface area contributed by atoms with Crippen LogP contribution in [0.4, 0.5) is 10.5 Å². The number of nitrogens with one attached hydrogen (secondary N) is 1. The molecule has 1 saturated carbocycles. The van der Waals surface area contributed by atoms with Crippen molar-refractivity contribution in [1.29, 1.82) is 0 Å². The summed E-state index contributed by atoms with van der Waals surface area (Å²) in [5.74, 6) is -1.01. The molecule has 0 bridgehead atoms. The summed E-state index contributed by atoms with van der Waals surface area (Å²) in [4.78, 5) is 37.3. The smallest absolute Gasteiger partial charge is 0.276 e. The van der Waals surface area contributed by atoms with Gasteiger partial charge in [-0.15, -0.1) is 0 Å². The fourth-order valence-electron chi connectivity index (χ4n) is 2.55. The lowest BCUT2D eigenvalue weighted by molar-refractivity contribution is -0.148. The molecule has 3 rings (SSSR count). The first-order valence-electron chi connectivity index (χ1n) is 6.10. The Morgan fingerprint density at radius 3 is 2.15 bits per heavy atom. The van der Waals surface area contributed by atoms with E-state index < -0.39 is 23.3 Å². The van der Waals surface area contributed by atoms with Gasteiger partial charge in [0.2, 0.25) is 5.91 Å². The molecule has 0 aromatic heterocycles. The maximum atomic E-state index is 12.5. The number of carbonyl (C=O) groups excluding carboxylic acids is 3. The number of imide groups is 2. The molecule has 7 heteroatoms. The van der Waals surface area contributed by atoms with Crippen LogP contribution in [-0.4, -0.2) is 17.8 Å². The van der Waals surface area contributed by atoms with Crippen LogP contribution in [0.5, 0.6) is 0 Å². The van der Waals surface area contributed by atoms with Crippen molar-refractivity contribution < 1.29 is 14.4 Å². The molecule has 1 N–H and O–H groups in total. The third kappa shape index (κ3) is 1.81. The molecule has 4 amide bonds. The van der Waals surface area contributed by atoms with Crippen LogP contribution in [-0.2, 0) is 9.59 Å². The molecule has 1 aromatic carbocycles. The third-order valence-corrected chi connectivity index (χ3v) is 4.22. The molecule has 1 saturated heterocycles. The summed E-state index contributed by atoms with van der Waals surface area (Å²) < 4.78 is 0. The molecule has 1 aliphatic heterocycles. The summed E-state index contributed by atoms with van der Waals surface area (Å²) in [5.41, 5.74) is -0.841. The van der Waals surface area contributed by atoms with Gasteiger partial charge < -0.3 is 0 Å². The Kier molecular flexibility index (Phi) is 2.99. The maximum absolute atomic E-state index is 12.5. The van der Waals surface area contributed by atoms with Gasteiger partial charge in [-0.25, -0.2) is 9.69 Å². The molecule has 1 heterocycles. The number of hydrogen-bond acceptors (Lipinski definition) is 3. The number of carbonyl (C=O) groups is 3. The number of anilines is 1. The minimum atomic E-state index is -1.11. The average molecular weight is 313 g/mol. The van der Waals surface area contributed by atoms with E-state index in [1.165, 1.54) is 18.2 Å². The zero-order valence-electron chi connectivity index (χ0n) is 10.3. The fraction of sp³-hybridized carbons (Fsp3) is 0.308. The van der Waals surface area contributed by atoms with Crippen LogP contribution >= 0.6 is 23.2 Å². The number of barbiturate groups is 1. The molecular formula is C13H10Cl2N2O3. The standard InChI is InChI=1S/C13H10Cl2N2O3/c14-7-4-8(15)6-9(5-7)17-11(19)13(2-1-3-13)10(18)16-12(17)20/h4-6H,1-3H2,(H,16,18,20). The Morgan fingerprint density at radius 1 is 1.05 bits per heavy atom. The van der Waals surface area contributed by atoms with Crippen molar-refractivity contribution in [3.8, 4) is 0 Å². The number of amides is 4. The van der Waals surface area contributed by atoms with Crippen LogP contribution in [0.3, 0.4) is 0 Å². The summed E-state index contributed by atoms with van der Waals surface area (Å²) >= 11 is 11.8. The minimum absolute atomic E-state index is 0.267. The topological polar surface area (TPSA) is 66.5 Å².